The summed E-state index contributed by atoms with van der Waals surface area (Å²) in [6, 6.07) is 6.70. The number of ether oxygens (including phenoxy) is 1. The van der Waals surface area contributed by atoms with Crippen LogP contribution in [-0.2, 0) is 17.8 Å². The standard InChI is InChI=1S/C15H18FN3O/c1-20-10-13-11-6-4-5-9-17-15(11)19(18-13)14-8-3-2-7-12(14)16/h2-3,7-8,17H,4-6,9-10H2,1H3. The Balaban J connectivity index is 2.13. The van der Waals surface area contributed by atoms with Crippen LogP contribution in [0.1, 0.15) is 24.1 Å². The van der Waals surface area contributed by atoms with E-state index in [2.05, 4.69) is 10.4 Å². The van der Waals surface area contributed by atoms with Crippen molar-refractivity contribution >= 4 is 5.82 Å². The topological polar surface area (TPSA) is 39.1 Å². The van der Waals surface area contributed by atoms with Crippen molar-refractivity contribution in [3.05, 3.63) is 41.3 Å². The van der Waals surface area contributed by atoms with Crippen LogP contribution in [0.5, 0.6) is 0 Å². The molecule has 2 aromatic rings. The van der Waals surface area contributed by atoms with Crippen molar-refractivity contribution in [1.29, 1.82) is 0 Å². The van der Waals surface area contributed by atoms with Crippen molar-refractivity contribution < 1.29 is 9.13 Å². The first kappa shape index (κ1) is 13.1. The van der Waals surface area contributed by atoms with E-state index < -0.39 is 0 Å². The molecule has 1 aromatic heterocycles. The second-order valence-corrected chi connectivity index (χ2v) is 4.95. The van der Waals surface area contributed by atoms with Crippen LogP contribution in [0.15, 0.2) is 24.3 Å². The maximum absolute atomic E-state index is 14.0. The summed E-state index contributed by atoms with van der Waals surface area (Å²) in [6.07, 6.45) is 3.17. The molecular formula is C15H18FN3O. The number of nitrogens with one attached hydrogen (secondary N) is 1. The molecule has 1 aliphatic heterocycles. The summed E-state index contributed by atoms with van der Waals surface area (Å²) in [5.41, 5.74) is 2.51. The number of benzene rings is 1. The Morgan fingerprint density at radius 2 is 2.20 bits per heavy atom. The van der Waals surface area contributed by atoms with Gasteiger partial charge in [-0.25, -0.2) is 9.07 Å². The maximum Gasteiger partial charge on any atom is 0.148 e. The van der Waals surface area contributed by atoms with E-state index in [-0.39, 0.29) is 5.82 Å². The van der Waals surface area contributed by atoms with Crippen molar-refractivity contribution in [2.24, 2.45) is 0 Å². The summed E-state index contributed by atoms with van der Waals surface area (Å²) in [4.78, 5) is 0. The van der Waals surface area contributed by atoms with Gasteiger partial charge >= 0.3 is 0 Å². The molecule has 1 N–H and O–H groups in total. The van der Waals surface area contributed by atoms with E-state index >= 15 is 0 Å². The number of hydrogen-bond acceptors (Lipinski definition) is 3. The summed E-state index contributed by atoms with van der Waals surface area (Å²) < 4.78 is 20.9. The van der Waals surface area contributed by atoms with Gasteiger partial charge in [0.15, 0.2) is 0 Å². The van der Waals surface area contributed by atoms with Crippen LogP contribution in [0, 0.1) is 5.82 Å². The fourth-order valence-electron chi connectivity index (χ4n) is 2.62. The predicted octanol–water partition coefficient (Wildman–Crippen LogP) is 2.91. The van der Waals surface area contributed by atoms with Gasteiger partial charge in [0.05, 0.1) is 12.3 Å². The van der Waals surface area contributed by atoms with Crippen LogP contribution in [0.25, 0.3) is 5.69 Å². The second kappa shape index (κ2) is 5.63. The van der Waals surface area contributed by atoms with Gasteiger partial charge in [-0.2, -0.15) is 5.10 Å². The molecule has 0 saturated carbocycles. The highest BCUT2D eigenvalue weighted by molar-refractivity contribution is 5.54. The van der Waals surface area contributed by atoms with Gasteiger partial charge in [-0.3, -0.25) is 0 Å². The molecule has 0 saturated heterocycles. The SMILES string of the molecule is COCc1nn(-c2ccccc2F)c2c1CCCCN2. The van der Waals surface area contributed by atoms with Crippen LogP contribution in [-0.4, -0.2) is 23.4 Å². The number of methoxy groups -OCH3 is 1. The molecule has 4 nitrogen and oxygen atoms in total. The fraction of sp³-hybridized carbons (Fsp3) is 0.400. The Bertz CT molecular complexity index is 609. The zero-order chi connectivity index (χ0) is 13.9. The minimum atomic E-state index is -0.271. The van der Waals surface area contributed by atoms with E-state index in [1.807, 2.05) is 6.07 Å². The fourth-order valence-corrected chi connectivity index (χ4v) is 2.62. The minimum Gasteiger partial charge on any atom is -0.378 e. The molecule has 106 valence electrons. The zero-order valence-corrected chi connectivity index (χ0v) is 11.5. The van der Waals surface area contributed by atoms with Crippen molar-refractivity contribution in [2.75, 3.05) is 19.0 Å². The van der Waals surface area contributed by atoms with Gasteiger partial charge in [0.2, 0.25) is 0 Å². The molecule has 0 amide bonds. The van der Waals surface area contributed by atoms with Gasteiger partial charge in [0, 0.05) is 19.2 Å². The van der Waals surface area contributed by atoms with Crippen LogP contribution in [0.4, 0.5) is 10.2 Å². The lowest BCUT2D eigenvalue weighted by Gasteiger charge is -2.09. The van der Waals surface area contributed by atoms with Crippen molar-refractivity contribution in [3.8, 4) is 5.69 Å². The van der Waals surface area contributed by atoms with E-state index in [1.165, 1.54) is 6.07 Å². The van der Waals surface area contributed by atoms with Crippen LogP contribution >= 0.6 is 0 Å². The lowest BCUT2D eigenvalue weighted by atomic mass is 10.1. The number of anilines is 1. The molecule has 0 radical (unpaired) electrons. The number of rotatable bonds is 3. The molecular weight excluding hydrogens is 257 g/mol. The average Bonchev–Trinajstić information content (AvgIpc) is 2.64. The molecule has 5 heteroatoms. The van der Waals surface area contributed by atoms with E-state index in [9.17, 15) is 4.39 Å². The summed E-state index contributed by atoms with van der Waals surface area (Å²) in [6.45, 7) is 1.34. The maximum atomic E-state index is 14.0. The van der Waals surface area contributed by atoms with Gasteiger partial charge in [0.25, 0.3) is 0 Å². The van der Waals surface area contributed by atoms with Crippen LogP contribution in [0.3, 0.4) is 0 Å². The highest BCUT2D eigenvalue weighted by atomic mass is 19.1. The molecule has 0 spiro atoms. The molecule has 0 atom stereocenters. The third kappa shape index (κ3) is 2.29. The third-order valence-corrected chi connectivity index (χ3v) is 3.57. The zero-order valence-electron chi connectivity index (χ0n) is 11.5. The molecule has 3 rings (SSSR count). The molecule has 0 fully saturated rings. The van der Waals surface area contributed by atoms with Crippen molar-refractivity contribution in [2.45, 2.75) is 25.9 Å². The molecule has 0 aliphatic carbocycles. The lowest BCUT2D eigenvalue weighted by molar-refractivity contribution is 0.180. The van der Waals surface area contributed by atoms with Crippen molar-refractivity contribution in [1.82, 2.24) is 9.78 Å². The average molecular weight is 275 g/mol. The number of hydrogen-bond donors (Lipinski definition) is 1. The minimum absolute atomic E-state index is 0.271. The number of nitrogens with zero attached hydrogens (tertiary/aromatic N) is 2. The quantitative estimate of drug-likeness (QED) is 0.936. The monoisotopic (exact) mass is 275 g/mol. The van der Waals surface area contributed by atoms with E-state index in [0.29, 0.717) is 12.3 Å². The summed E-state index contributed by atoms with van der Waals surface area (Å²) >= 11 is 0. The van der Waals surface area contributed by atoms with E-state index in [1.54, 1.807) is 23.9 Å². The van der Waals surface area contributed by atoms with Crippen molar-refractivity contribution in [3.63, 3.8) is 0 Å². The Morgan fingerprint density at radius 1 is 1.35 bits per heavy atom. The second-order valence-electron chi connectivity index (χ2n) is 4.95. The first-order chi connectivity index (χ1) is 9.81. The number of fused-ring (bicyclic) bond motifs is 1. The van der Waals surface area contributed by atoms with E-state index in [4.69, 9.17) is 4.74 Å². The number of halogens is 1. The summed E-state index contributed by atoms with van der Waals surface area (Å²) in [7, 11) is 1.65. The lowest BCUT2D eigenvalue weighted by Crippen LogP contribution is -2.08. The van der Waals surface area contributed by atoms with Gasteiger partial charge in [-0.15, -0.1) is 0 Å². The Labute approximate surface area is 117 Å². The van der Waals surface area contributed by atoms with Crippen LogP contribution < -0.4 is 5.32 Å². The van der Waals surface area contributed by atoms with Gasteiger partial charge in [-0.05, 0) is 31.4 Å². The van der Waals surface area contributed by atoms with Gasteiger partial charge in [-0.1, -0.05) is 12.1 Å². The van der Waals surface area contributed by atoms with Gasteiger partial charge < -0.3 is 10.1 Å². The molecule has 0 unspecified atom stereocenters. The molecule has 2 heterocycles. The molecule has 1 aliphatic rings. The Hall–Kier alpha value is -1.88. The smallest absolute Gasteiger partial charge is 0.148 e. The normalized spacial score (nSPS) is 14.5. The van der Waals surface area contributed by atoms with E-state index in [0.717, 1.165) is 42.9 Å². The third-order valence-electron chi connectivity index (χ3n) is 3.57. The highest BCUT2D eigenvalue weighted by Gasteiger charge is 2.21. The summed E-state index contributed by atoms with van der Waals surface area (Å²) in [5.74, 6) is 0.632. The largest absolute Gasteiger partial charge is 0.378 e. The summed E-state index contributed by atoms with van der Waals surface area (Å²) in [5, 5.41) is 7.92. The van der Waals surface area contributed by atoms with Crippen LogP contribution in [0.2, 0.25) is 0 Å². The molecule has 1 aromatic carbocycles. The number of aromatic nitrogens is 2. The molecule has 0 bridgehead atoms. The highest BCUT2D eigenvalue weighted by Crippen LogP contribution is 2.29. The first-order valence-corrected chi connectivity index (χ1v) is 6.89. The number of para-hydroxylation sites is 1. The van der Waals surface area contributed by atoms with Gasteiger partial charge in [0.1, 0.15) is 17.3 Å². The predicted molar refractivity (Wildman–Crippen MR) is 75.7 cm³/mol. The molecule has 20 heavy (non-hydrogen) atoms. The first-order valence-electron chi connectivity index (χ1n) is 6.89. The Kier molecular flexibility index (Phi) is 3.69. The Morgan fingerprint density at radius 3 is 3.00 bits per heavy atom.